The van der Waals surface area contributed by atoms with Crippen LogP contribution in [0.5, 0.6) is 0 Å². The summed E-state index contributed by atoms with van der Waals surface area (Å²) in [7, 11) is 0. The summed E-state index contributed by atoms with van der Waals surface area (Å²) in [4.78, 5) is 28.6. The van der Waals surface area contributed by atoms with Crippen molar-refractivity contribution in [2.24, 2.45) is 5.73 Å². The van der Waals surface area contributed by atoms with E-state index in [0.717, 1.165) is 53.6 Å². The molecule has 0 saturated heterocycles. The highest BCUT2D eigenvalue weighted by atomic mass is 35.5. The van der Waals surface area contributed by atoms with E-state index in [4.69, 9.17) is 17.3 Å². The molecule has 0 radical (unpaired) electrons. The van der Waals surface area contributed by atoms with Gasteiger partial charge in [0.15, 0.2) is 11.3 Å². The maximum atomic E-state index is 13.6. The van der Waals surface area contributed by atoms with Gasteiger partial charge in [0.25, 0.3) is 0 Å². The smallest absolute Gasteiger partial charge is 0.157 e. The SMILES string of the molecule is C.C.Fc1cncc(-c2cc(Cl)n3nccc3n2)c1.Fc1cncc(-c2cc(NCCc3c[nH]c4cccnc34)n3nccc3n2)c1.NCCC1=CCc2cccnc21. The lowest BCUT2D eigenvalue weighted by molar-refractivity contribution is 0.621. The van der Waals surface area contributed by atoms with Crippen molar-refractivity contribution in [1.29, 1.82) is 0 Å². The van der Waals surface area contributed by atoms with Gasteiger partial charge < -0.3 is 16.0 Å². The van der Waals surface area contributed by atoms with Crippen molar-refractivity contribution in [2.45, 2.75) is 34.1 Å². The largest absolute Gasteiger partial charge is 0.370 e. The molecule has 9 aromatic heterocycles. The fourth-order valence-electron chi connectivity index (χ4n) is 6.44. The number of halogens is 3. The van der Waals surface area contributed by atoms with E-state index in [1.54, 1.807) is 41.4 Å². The Labute approximate surface area is 344 Å². The molecule has 13 nitrogen and oxygen atoms in total. The lowest BCUT2D eigenvalue weighted by Crippen LogP contribution is -2.10. The third-order valence-electron chi connectivity index (χ3n) is 9.07. The normalized spacial score (nSPS) is 11.4. The highest BCUT2D eigenvalue weighted by Crippen LogP contribution is 2.27. The standard InChI is InChI=1S/C20H16FN7.C11H6ClFN4.C10H12N2.2CH4/c21-15-8-14(10-22-12-15)17-9-19(28-18(27-17)4-7-26-28)23-6-3-13-11-25-16-2-1-5-24-20(13)16;12-10-4-9(7-3-8(13)6-14-5-7)16-11-1-2-15-17(10)11;11-6-5-9-4-3-8-2-1-7-12-10(8)9;;/h1-2,4-5,7-12,23,25H,3,6H2;1-6H;1-2,4,7H,3,5-6,11H2;2*1H4. The number of hydrogen-bond acceptors (Lipinski definition) is 10. The Bertz CT molecular complexity index is 2850. The number of hydrogen-bond donors (Lipinski definition) is 3. The van der Waals surface area contributed by atoms with Crippen LogP contribution in [0.25, 0.3) is 50.4 Å². The van der Waals surface area contributed by atoms with Gasteiger partial charge in [-0.2, -0.15) is 14.7 Å². The van der Waals surface area contributed by atoms with Gasteiger partial charge in [-0.1, -0.05) is 38.6 Å². The predicted octanol–water partition coefficient (Wildman–Crippen LogP) is 8.69. The molecule has 0 fully saturated rings. The van der Waals surface area contributed by atoms with Gasteiger partial charge in [0.1, 0.15) is 22.6 Å². The molecule has 9 aromatic rings. The van der Waals surface area contributed by atoms with Gasteiger partial charge in [-0.3, -0.25) is 19.9 Å². The molecule has 0 bridgehead atoms. The molecule has 1 aliphatic rings. The molecule has 0 unspecified atom stereocenters. The van der Waals surface area contributed by atoms with Gasteiger partial charge in [-0.25, -0.2) is 23.3 Å². The highest BCUT2D eigenvalue weighted by molar-refractivity contribution is 6.30. The summed E-state index contributed by atoms with van der Waals surface area (Å²) in [5.41, 5.74) is 16.1. The van der Waals surface area contributed by atoms with Gasteiger partial charge in [0.2, 0.25) is 0 Å². The van der Waals surface area contributed by atoms with Crippen molar-refractivity contribution in [3.05, 3.63) is 156 Å². The number of H-pyrrole nitrogens is 1. The van der Waals surface area contributed by atoms with E-state index >= 15 is 0 Å². The van der Waals surface area contributed by atoms with Crippen molar-refractivity contribution in [3.63, 3.8) is 0 Å². The van der Waals surface area contributed by atoms with Crippen molar-refractivity contribution >= 4 is 45.3 Å². The van der Waals surface area contributed by atoms with E-state index in [1.165, 1.54) is 40.2 Å². The molecule has 0 aliphatic heterocycles. The summed E-state index contributed by atoms with van der Waals surface area (Å²) in [6.45, 7) is 1.39. The van der Waals surface area contributed by atoms with Gasteiger partial charge in [-0.15, -0.1) is 0 Å². The quantitative estimate of drug-likeness (QED) is 0.126. The predicted molar refractivity (Wildman–Crippen MR) is 229 cm³/mol. The first-order valence-electron chi connectivity index (χ1n) is 18.0. The summed E-state index contributed by atoms with van der Waals surface area (Å²) >= 11 is 6.04. The first-order valence-corrected chi connectivity index (χ1v) is 18.4. The Balaban J connectivity index is 0.000000161. The second-order valence-electron chi connectivity index (χ2n) is 12.9. The highest BCUT2D eigenvalue weighted by Gasteiger charge is 2.14. The minimum absolute atomic E-state index is 0. The lowest BCUT2D eigenvalue weighted by Gasteiger charge is -2.10. The number of aromatic nitrogens is 11. The number of nitrogens with zero attached hydrogens (tertiary/aromatic N) is 10. The van der Waals surface area contributed by atoms with Crippen LogP contribution in [0, 0.1) is 11.6 Å². The molecular formula is C43H42ClF2N13. The number of anilines is 1. The number of rotatable bonds is 8. The fraction of sp³-hybridized carbons (Fsp3) is 0.163. The average Bonchev–Trinajstić information content (AvgIpc) is 4.06. The van der Waals surface area contributed by atoms with E-state index in [-0.39, 0.29) is 14.9 Å². The molecule has 4 N–H and O–H groups in total. The second kappa shape index (κ2) is 19.0. The average molecular weight is 814 g/mol. The zero-order valence-corrected chi connectivity index (χ0v) is 31.0. The molecule has 0 spiro atoms. The summed E-state index contributed by atoms with van der Waals surface area (Å²) in [5.74, 6) is -0.0232. The first-order chi connectivity index (χ1) is 27.9. The fourth-order valence-corrected chi connectivity index (χ4v) is 6.67. The Morgan fingerprint density at radius 3 is 2.14 bits per heavy atom. The Kier molecular flexibility index (Phi) is 13.4. The Morgan fingerprint density at radius 1 is 0.763 bits per heavy atom. The Morgan fingerprint density at radius 2 is 1.42 bits per heavy atom. The van der Waals surface area contributed by atoms with E-state index in [0.29, 0.717) is 52.1 Å². The summed E-state index contributed by atoms with van der Waals surface area (Å²) < 4.78 is 29.9. The minimum atomic E-state index is -0.409. The maximum absolute atomic E-state index is 13.6. The number of aromatic amines is 1. The third kappa shape index (κ3) is 9.43. The zero-order valence-electron chi connectivity index (χ0n) is 30.3. The van der Waals surface area contributed by atoms with E-state index in [1.807, 2.05) is 42.7 Å². The lowest BCUT2D eigenvalue weighted by atomic mass is 10.1. The van der Waals surface area contributed by atoms with Crippen LogP contribution in [-0.4, -0.2) is 67.2 Å². The number of allylic oxidation sites excluding steroid dienone is 1. The van der Waals surface area contributed by atoms with Crippen LogP contribution in [0.4, 0.5) is 14.6 Å². The molecular weight excluding hydrogens is 772 g/mol. The molecule has 0 atom stereocenters. The van der Waals surface area contributed by atoms with E-state index in [9.17, 15) is 8.78 Å². The molecule has 0 aromatic carbocycles. The third-order valence-corrected chi connectivity index (χ3v) is 9.34. The van der Waals surface area contributed by atoms with Crippen LogP contribution in [0.3, 0.4) is 0 Å². The van der Waals surface area contributed by atoms with E-state index < -0.39 is 11.6 Å². The van der Waals surface area contributed by atoms with Crippen molar-refractivity contribution < 1.29 is 8.78 Å². The second-order valence-corrected chi connectivity index (χ2v) is 13.2. The van der Waals surface area contributed by atoms with E-state index in [2.05, 4.69) is 62.5 Å². The van der Waals surface area contributed by atoms with Gasteiger partial charge in [0.05, 0.1) is 52.9 Å². The van der Waals surface area contributed by atoms with Crippen LogP contribution < -0.4 is 11.1 Å². The maximum Gasteiger partial charge on any atom is 0.157 e. The first kappa shape index (κ1) is 41.7. The molecule has 59 heavy (non-hydrogen) atoms. The monoisotopic (exact) mass is 813 g/mol. The Hall–Kier alpha value is -6.97. The van der Waals surface area contributed by atoms with Crippen LogP contribution in [0.15, 0.2) is 123 Å². The number of nitrogens with two attached hydrogens (primary N) is 1. The number of fused-ring (bicyclic) bond motifs is 4. The molecule has 16 heteroatoms. The minimum Gasteiger partial charge on any atom is -0.370 e. The molecule has 1 aliphatic carbocycles. The molecule has 10 rings (SSSR count). The summed E-state index contributed by atoms with van der Waals surface area (Å²) in [6.07, 6.45) is 19.3. The van der Waals surface area contributed by atoms with Crippen molar-refractivity contribution in [1.82, 2.24) is 54.1 Å². The summed E-state index contributed by atoms with van der Waals surface area (Å²) in [6, 6.07) is 17.8. The number of pyridine rings is 4. The van der Waals surface area contributed by atoms with Crippen LogP contribution >= 0.6 is 11.6 Å². The number of nitrogens with one attached hydrogen (secondary N) is 2. The molecule has 9 heterocycles. The van der Waals surface area contributed by atoms with Crippen LogP contribution in [0.2, 0.25) is 5.15 Å². The van der Waals surface area contributed by atoms with Gasteiger partial charge in [0, 0.05) is 72.9 Å². The van der Waals surface area contributed by atoms with Crippen molar-refractivity contribution in [2.75, 3.05) is 18.4 Å². The topological polar surface area (TPSA) is 166 Å². The molecule has 0 amide bonds. The van der Waals surface area contributed by atoms with Gasteiger partial charge in [-0.05, 0) is 72.8 Å². The van der Waals surface area contributed by atoms with Crippen LogP contribution in [0.1, 0.15) is 38.1 Å². The summed E-state index contributed by atoms with van der Waals surface area (Å²) in [5, 5.41) is 12.1. The van der Waals surface area contributed by atoms with Crippen LogP contribution in [-0.2, 0) is 12.8 Å². The van der Waals surface area contributed by atoms with Crippen molar-refractivity contribution in [3.8, 4) is 22.5 Å². The molecule has 0 saturated carbocycles. The zero-order chi connectivity index (χ0) is 39.1. The van der Waals surface area contributed by atoms with Gasteiger partial charge >= 0.3 is 0 Å². The molecule has 300 valence electrons.